The Kier molecular flexibility index (Phi) is 1.51. The maximum absolute atomic E-state index is 4.21. The third-order valence-electron chi connectivity index (χ3n) is 1.60. The number of nitrogens with one attached hydrogen (secondary N) is 1. The van der Waals surface area contributed by atoms with Crippen LogP contribution in [0.4, 0.5) is 0 Å². The number of hydrogen-bond donors (Lipinski definition) is 1. The average molecular weight is 164 g/mol. The Hall–Kier alpha value is -1.09. The molecular formula is C8H8N2S. The van der Waals surface area contributed by atoms with Crippen LogP contribution in [0.5, 0.6) is 0 Å². The van der Waals surface area contributed by atoms with E-state index >= 15 is 0 Å². The Labute approximate surface area is 68.9 Å². The van der Waals surface area contributed by atoms with Crippen LogP contribution in [0.25, 0.3) is 10.7 Å². The molecule has 0 atom stereocenters. The normalized spacial score (nSPS) is 10.3. The van der Waals surface area contributed by atoms with Crippen molar-refractivity contribution in [2.75, 3.05) is 0 Å². The van der Waals surface area contributed by atoms with E-state index in [-0.39, 0.29) is 0 Å². The quantitative estimate of drug-likeness (QED) is 0.689. The molecule has 0 saturated heterocycles. The van der Waals surface area contributed by atoms with E-state index in [2.05, 4.69) is 23.0 Å². The van der Waals surface area contributed by atoms with Crippen LogP contribution in [0.3, 0.4) is 0 Å². The van der Waals surface area contributed by atoms with Crippen LogP contribution in [-0.2, 0) is 0 Å². The highest BCUT2D eigenvalue weighted by molar-refractivity contribution is 7.13. The summed E-state index contributed by atoms with van der Waals surface area (Å²) in [6, 6.07) is 2.05. The Morgan fingerprint density at radius 2 is 2.45 bits per heavy atom. The maximum Gasteiger partial charge on any atom is 0.139 e. The van der Waals surface area contributed by atoms with E-state index in [1.54, 1.807) is 11.3 Å². The summed E-state index contributed by atoms with van der Waals surface area (Å²) < 4.78 is 0. The summed E-state index contributed by atoms with van der Waals surface area (Å²) in [5.74, 6) is 0. The molecule has 3 heteroatoms. The van der Waals surface area contributed by atoms with Crippen molar-refractivity contribution in [3.8, 4) is 10.7 Å². The lowest BCUT2D eigenvalue weighted by Crippen LogP contribution is -1.76. The van der Waals surface area contributed by atoms with Crippen LogP contribution < -0.4 is 0 Å². The molecule has 0 unspecified atom stereocenters. The summed E-state index contributed by atoms with van der Waals surface area (Å²) in [6.07, 6.45) is 3.76. The van der Waals surface area contributed by atoms with Gasteiger partial charge in [0.2, 0.25) is 0 Å². The Bertz CT molecular complexity index is 335. The first kappa shape index (κ1) is 6.61. The van der Waals surface area contributed by atoms with Gasteiger partial charge in [0, 0.05) is 17.8 Å². The van der Waals surface area contributed by atoms with Crippen LogP contribution in [0.15, 0.2) is 23.8 Å². The fourth-order valence-corrected chi connectivity index (χ4v) is 1.73. The molecule has 1 N–H and O–H groups in total. The number of hydrogen-bond acceptors (Lipinski definition) is 2. The maximum atomic E-state index is 4.21. The monoisotopic (exact) mass is 164 g/mol. The van der Waals surface area contributed by atoms with Crippen molar-refractivity contribution >= 4 is 11.3 Å². The van der Waals surface area contributed by atoms with Crippen molar-refractivity contribution in [3.63, 3.8) is 0 Å². The van der Waals surface area contributed by atoms with E-state index < -0.39 is 0 Å². The second kappa shape index (κ2) is 2.51. The van der Waals surface area contributed by atoms with Crippen molar-refractivity contribution in [1.29, 1.82) is 0 Å². The largest absolute Gasteiger partial charge is 0.359 e. The first-order valence-corrected chi connectivity index (χ1v) is 4.30. The van der Waals surface area contributed by atoms with Crippen LogP contribution in [0.2, 0.25) is 0 Å². The number of aromatic amines is 1. The molecule has 0 saturated carbocycles. The molecule has 0 radical (unpaired) electrons. The zero-order valence-electron chi connectivity index (χ0n) is 6.16. The smallest absolute Gasteiger partial charge is 0.139 e. The van der Waals surface area contributed by atoms with Gasteiger partial charge in [0.05, 0.1) is 5.69 Å². The number of H-pyrrole nitrogens is 1. The molecule has 56 valence electrons. The summed E-state index contributed by atoms with van der Waals surface area (Å²) >= 11 is 1.65. The third kappa shape index (κ3) is 1.07. The van der Waals surface area contributed by atoms with Crippen LogP contribution in [0.1, 0.15) is 5.56 Å². The van der Waals surface area contributed by atoms with Gasteiger partial charge in [0.15, 0.2) is 0 Å². The lowest BCUT2D eigenvalue weighted by molar-refractivity contribution is 1.32. The van der Waals surface area contributed by atoms with Gasteiger partial charge in [-0.15, -0.1) is 11.3 Å². The van der Waals surface area contributed by atoms with Gasteiger partial charge in [-0.05, 0) is 18.6 Å². The summed E-state index contributed by atoms with van der Waals surface area (Å²) in [5.41, 5.74) is 2.39. The summed E-state index contributed by atoms with van der Waals surface area (Å²) in [6.45, 7) is 2.08. The van der Waals surface area contributed by atoms with Crippen molar-refractivity contribution in [2.45, 2.75) is 6.92 Å². The first-order chi connectivity index (χ1) is 5.38. The van der Waals surface area contributed by atoms with E-state index in [0.717, 1.165) is 10.7 Å². The van der Waals surface area contributed by atoms with E-state index in [1.807, 2.05) is 17.8 Å². The standard InChI is InChI=1S/C8H8N2S/c1-6-2-3-9-7(6)8-10-4-5-11-8/h2-5,9H,1H3. The Balaban J connectivity index is 2.53. The second-order valence-electron chi connectivity index (χ2n) is 2.37. The number of aromatic nitrogens is 2. The molecule has 0 bridgehead atoms. The Morgan fingerprint density at radius 3 is 3.00 bits per heavy atom. The van der Waals surface area contributed by atoms with Crippen LogP contribution in [0, 0.1) is 6.92 Å². The van der Waals surface area contributed by atoms with Crippen molar-refractivity contribution in [1.82, 2.24) is 9.97 Å². The first-order valence-electron chi connectivity index (χ1n) is 3.42. The minimum Gasteiger partial charge on any atom is -0.359 e. The van der Waals surface area contributed by atoms with Gasteiger partial charge in [-0.2, -0.15) is 0 Å². The molecule has 0 amide bonds. The van der Waals surface area contributed by atoms with Gasteiger partial charge in [-0.25, -0.2) is 4.98 Å². The summed E-state index contributed by atoms with van der Waals surface area (Å²) in [7, 11) is 0. The molecule has 0 spiro atoms. The van der Waals surface area contributed by atoms with Crippen molar-refractivity contribution in [2.24, 2.45) is 0 Å². The highest BCUT2D eigenvalue weighted by Gasteiger charge is 2.03. The zero-order valence-corrected chi connectivity index (χ0v) is 6.98. The number of nitrogens with zero attached hydrogens (tertiary/aromatic N) is 1. The Morgan fingerprint density at radius 1 is 1.55 bits per heavy atom. The fraction of sp³-hybridized carbons (Fsp3) is 0.125. The number of thiazole rings is 1. The molecule has 2 aromatic rings. The highest BCUT2D eigenvalue weighted by Crippen LogP contribution is 2.22. The van der Waals surface area contributed by atoms with E-state index in [1.165, 1.54) is 5.56 Å². The average Bonchev–Trinajstić information content (AvgIpc) is 2.55. The molecule has 2 rings (SSSR count). The molecule has 0 fully saturated rings. The number of aryl methyl sites for hydroxylation is 1. The summed E-state index contributed by atoms with van der Waals surface area (Å²) in [4.78, 5) is 7.36. The van der Waals surface area contributed by atoms with Crippen molar-refractivity contribution < 1.29 is 0 Å². The van der Waals surface area contributed by atoms with Crippen molar-refractivity contribution in [3.05, 3.63) is 29.4 Å². The third-order valence-corrected chi connectivity index (χ3v) is 2.39. The summed E-state index contributed by atoms with van der Waals surface area (Å²) in [5, 5.41) is 3.04. The van der Waals surface area contributed by atoms with E-state index in [0.29, 0.717) is 0 Å². The molecule has 2 heterocycles. The lowest BCUT2D eigenvalue weighted by atomic mass is 10.3. The minimum absolute atomic E-state index is 1.06. The van der Waals surface area contributed by atoms with Gasteiger partial charge in [-0.1, -0.05) is 0 Å². The van der Waals surface area contributed by atoms with Gasteiger partial charge < -0.3 is 4.98 Å². The second-order valence-corrected chi connectivity index (χ2v) is 3.27. The van der Waals surface area contributed by atoms with E-state index in [9.17, 15) is 0 Å². The SMILES string of the molecule is Cc1cc[nH]c1-c1nccs1. The van der Waals surface area contributed by atoms with Gasteiger partial charge in [0.1, 0.15) is 5.01 Å². The molecule has 0 aliphatic rings. The van der Waals surface area contributed by atoms with Crippen LogP contribution in [-0.4, -0.2) is 9.97 Å². The number of rotatable bonds is 1. The van der Waals surface area contributed by atoms with Gasteiger partial charge in [0.25, 0.3) is 0 Å². The fourth-order valence-electron chi connectivity index (χ4n) is 1.02. The predicted octanol–water partition coefficient (Wildman–Crippen LogP) is 2.45. The zero-order chi connectivity index (χ0) is 7.68. The topological polar surface area (TPSA) is 28.7 Å². The molecule has 11 heavy (non-hydrogen) atoms. The van der Waals surface area contributed by atoms with Crippen LogP contribution >= 0.6 is 11.3 Å². The van der Waals surface area contributed by atoms with Gasteiger partial charge >= 0.3 is 0 Å². The van der Waals surface area contributed by atoms with E-state index in [4.69, 9.17) is 0 Å². The molecule has 2 nitrogen and oxygen atoms in total. The molecular weight excluding hydrogens is 156 g/mol. The van der Waals surface area contributed by atoms with Gasteiger partial charge in [-0.3, -0.25) is 0 Å². The molecule has 0 aliphatic heterocycles. The highest BCUT2D eigenvalue weighted by atomic mass is 32.1. The molecule has 0 aliphatic carbocycles. The molecule has 0 aromatic carbocycles. The molecule has 2 aromatic heterocycles. The lowest BCUT2D eigenvalue weighted by Gasteiger charge is -1.91. The minimum atomic E-state index is 1.06. The predicted molar refractivity (Wildman–Crippen MR) is 46.6 cm³/mol.